The first-order chi connectivity index (χ1) is 15.5. The molecule has 164 valence electrons. The minimum atomic E-state index is -2.65. The first-order valence-corrected chi connectivity index (χ1v) is 9.77. The second-order valence-corrected chi connectivity index (χ2v) is 6.82. The molecule has 4 rings (SSSR count). The van der Waals surface area contributed by atoms with Gasteiger partial charge in [0.1, 0.15) is 36.2 Å². The molecule has 0 saturated heterocycles. The molecule has 0 fully saturated rings. The third-order valence-electron chi connectivity index (χ3n) is 4.61. The van der Waals surface area contributed by atoms with Gasteiger partial charge in [-0.3, -0.25) is 9.20 Å². The third kappa shape index (κ3) is 4.83. The largest absolute Gasteiger partial charge is 0.491 e. The van der Waals surface area contributed by atoms with Crippen molar-refractivity contribution in [3.8, 4) is 5.75 Å². The maximum atomic E-state index is 13.0. The SMILES string of the molecule is O=C(Nc1ccc(Nc2cccc3nc(C(F)F)cn23)cc1)c1ccc(OCCF)cc1. The number of carbonyl (C=O) groups excluding carboxylic acids is 1. The molecule has 0 spiro atoms. The van der Waals surface area contributed by atoms with Crippen LogP contribution in [0, 0.1) is 0 Å². The number of nitrogens with zero attached hydrogens (tertiary/aromatic N) is 2. The van der Waals surface area contributed by atoms with Crippen molar-refractivity contribution in [3.63, 3.8) is 0 Å². The summed E-state index contributed by atoms with van der Waals surface area (Å²) in [5.74, 6) is 0.766. The highest BCUT2D eigenvalue weighted by Crippen LogP contribution is 2.24. The van der Waals surface area contributed by atoms with Crippen LogP contribution >= 0.6 is 0 Å². The Kier molecular flexibility index (Phi) is 6.25. The number of imidazole rings is 1. The number of amides is 1. The van der Waals surface area contributed by atoms with Gasteiger partial charge in [0.25, 0.3) is 12.3 Å². The molecule has 2 N–H and O–H groups in total. The third-order valence-corrected chi connectivity index (χ3v) is 4.61. The monoisotopic (exact) mass is 440 g/mol. The van der Waals surface area contributed by atoms with Crippen molar-refractivity contribution in [2.75, 3.05) is 23.9 Å². The Morgan fingerprint density at radius 3 is 2.41 bits per heavy atom. The van der Waals surface area contributed by atoms with Crippen LogP contribution in [0.1, 0.15) is 22.5 Å². The van der Waals surface area contributed by atoms with Gasteiger partial charge in [-0.15, -0.1) is 0 Å². The van der Waals surface area contributed by atoms with Crippen LogP contribution in [0.2, 0.25) is 0 Å². The fourth-order valence-corrected chi connectivity index (χ4v) is 3.08. The number of hydrogen-bond acceptors (Lipinski definition) is 4. The number of benzene rings is 2. The van der Waals surface area contributed by atoms with Crippen molar-refractivity contribution in [2.24, 2.45) is 0 Å². The lowest BCUT2D eigenvalue weighted by atomic mass is 10.2. The van der Waals surface area contributed by atoms with Gasteiger partial charge >= 0.3 is 0 Å². The molecule has 0 atom stereocenters. The van der Waals surface area contributed by atoms with Crippen molar-refractivity contribution in [1.82, 2.24) is 9.38 Å². The molecule has 2 heterocycles. The van der Waals surface area contributed by atoms with Crippen LogP contribution in [-0.2, 0) is 0 Å². The predicted molar refractivity (Wildman–Crippen MR) is 116 cm³/mol. The van der Waals surface area contributed by atoms with Crippen molar-refractivity contribution in [3.05, 3.63) is 84.2 Å². The molecule has 0 aliphatic rings. The predicted octanol–water partition coefficient (Wildman–Crippen LogP) is 5.62. The van der Waals surface area contributed by atoms with Gasteiger partial charge in [0.2, 0.25) is 0 Å². The summed E-state index contributed by atoms with van der Waals surface area (Å²) in [6, 6.07) is 18.5. The van der Waals surface area contributed by atoms with E-state index < -0.39 is 13.1 Å². The first-order valence-electron chi connectivity index (χ1n) is 9.77. The van der Waals surface area contributed by atoms with E-state index >= 15 is 0 Å². The summed E-state index contributed by atoms with van der Waals surface area (Å²) in [5.41, 5.74) is 1.84. The van der Waals surface area contributed by atoms with E-state index in [4.69, 9.17) is 4.74 Å². The summed E-state index contributed by atoms with van der Waals surface area (Å²) < 4.78 is 44.8. The fourth-order valence-electron chi connectivity index (χ4n) is 3.08. The summed E-state index contributed by atoms with van der Waals surface area (Å²) >= 11 is 0. The smallest absolute Gasteiger partial charge is 0.281 e. The fraction of sp³-hybridized carbons (Fsp3) is 0.130. The van der Waals surface area contributed by atoms with Gasteiger partial charge in [-0.2, -0.15) is 0 Å². The highest BCUT2D eigenvalue weighted by Gasteiger charge is 2.13. The van der Waals surface area contributed by atoms with Gasteiger partial charge in [-0.05, 0) is 60.7 Å². The minimum absolute atomic E-state index is 0.0331. The van der Waals surface area contributed by atoms with Crippen molar-refractivity contribution in [2.45, 2.75) is 6.43 Å². The zero-order valence-corrected chi connectivity index (χ0v) is 16.8. The lowest BCUT2D eigenvalue weighted by Gasteiger charge is -2.10. The van der Waals surface area contributed by atoms with Crippen molar-refractivity contribution >= 4 is 28.7 Å². The maximum absolute atomic E-state index is 13.0. The van der Waals surface area contributed by atoms with Gasteiger partial charge in [0, 0.05) is 23.1 Å². The van der Waals surface area contributed by atoms with Crippen LogP contribution < -0.4 is 15.4 Å². The Morgan fingerprint density at radius 2 is 1.72 bits per heavy atom. The number of rotatable bonds is 8. The average molecular weight is 440 g/mol. The summed E-state index contributed by atoms with van der Waals surface area (Å²) in [7, 11) is 0. The normalized spacial score (nSPS) is 11.0. The molecular weight excluding hydrogens is 421 g/mol. The van der Waals surface area contributed by atoms with Crippen LogP contribution in [0.15, 0.2) is 72.9 Å². The van der Waals surface area contributed by atoms with Crippen LogP contribution in [-0.4, -0.2) is 28.6 Å². The second kappa shape index (κ2) is 9.42. The van der Waals surface area contributed by atoms with E-state index in [-0.39, 0.29) is 18.2 Å². The Morgan fingerprint density at radius 1 is 1.00 bits per heavy atom. The van der Waals surface area contributed by atoms with E-state index in [0.29, 0.717) is 34.2 Å². The highest BCUT2D eigenvalue weighted by molar-refractivity contribution is 6.04. The van der Waals surface area contributed by atoms with Gasteiger partial charge in [0.15, 0.2) is 0 Å². The van der Waals surface area contributed by atoms with Crippen LogP contribution in [0.25, 0.3) is 5.65 Å². The number of alkyl halides is 3. The Labute approximate surface area is 181 Å². The number of halogens is 3. The Bertz CT molecular complexity index is 1210. The van der Waals surface area contributed by atoms with Gasteiger partial charge in [-0.25, -0.2) is 18.2 Å². The average Bonchev–Trinajstić information content (AvgIpc) is 3.25. The van der Waals surface area contributed by atoms with E-state index in [1.54, 1.807) is 71.1 Å². The van der Waals surface area contributed by atoms with Crippen LogP contribution in [0.3, 0.4) is 0 Å². The van der Waals surface area contributed by atoms with Gasteiger partial charge in [-0.1, -0.05) is 6.07 Å². The van der Waals surface area contributed by atoms with E-state index in [0.717, 1.165) is 0 Å². The zero-order chi connectivity index (χ0) is 22.5. The molecule has 2 aromatic carbocycles. The number of hydrogen-bond donors (Lipinski definition) is 2. The molecule has 1 amide bonds. The second-order valence-electron chi connectivity index (χ2n) is 6.82. The lowest BCUT2D eigenvalue weighted by Crippen LogP contribution is -2.11. The molecule has 0 saturated carbocycles. The Balaban J connectivity index is 1.42. The highest BCUT2D eigenvalue weighted by atomic mass is 19.3. The maximum Gasteiger partial charge on any atom is 0.281 e. The van der Waals surface area contributed by atoms with Gasteiger partial charge in [0.05, 0.1) is 0 Å². The Hall–Kier alpha value is -4.01. The van der Waals surface area contributed by atoms with Crippen molar-refractivity contribution < 1.29 is 22.7 Å². The topological polar surface area (TPSA) is 67.7 Å². The van der Waals surface area contributed by atoms with Gasteiger partial charge < -0.3 is 15.4 Å². The van der Waals surface area contributed by atoms with E-state index in [1.165, 1.54) is 6.20 Å². The van der Waals surface area contributed by atoms with E-state index in [1.807, 2.05) is 0 Å². The molecule has 2 aromatic heterocycles. The molecule has 4 aromatic rings. The number of ether oxygens (including phenoxy) is 1. The molecule has 0 bridgehead atoms. The molecule has 6 nitrogen and oxygen atoms in total. The number of carbonyl (C=O) groups is 1. The number of nitrogens with one attached hydrogen (secondary N) is 2. The molecular formula is C23H19F3N4O2. The van der Waals surface area contributed by atoms with Crippen LogP contribution in [0.5, 0.6) is 5.75 Å². The number of pyridine rings is 1. The van der Waals surface area contributed by atoms with E-state index in [9.17, 15) is 18.0 Å². The number of anilines is 3. The lowest BCUT2D eigenvalue weighted by molar-refractivity contribution is 0.102. The summed E-state index contributed by atoms with van der Waals surface area (Å²) in [4.78, 5) is 16.3. The number of fused-ring (bicyclic) bond motifs is 1. The molecule has 32 heavy (non-hydrogen) atoms. The molecule has 0 unspecified atom stereocenters. The molecule has 0 aliphatic heterocycles. The van der Waals surface area contributed by atoms with Crippen molar-refractivity contribution in [1.29, 1.82) is 0 Å². The van der Waals surface area contributed by atoms with Crippen LogP contribution in [0.4, 0.5) is 30.4 Å². The molecule has 0 aliphatic carbocycles. The summed E-state index contributed by atoms with van der Waals surface area (Å²) in [6.45, 7) is -0.615. The molecule has 0 radical (unpaired) electrons. The molecule has 9 heteroatoms. The standard InChI is InChI=1S/C23H19F3N4O2/c24-12-13-32-18-10-4-15(5-11-18)23(31)28-17-8-6-16(7-9-17)27-20-2-1-3-21-29-19(22(25)26)14-30(20)21/h1-11,14,22,27H,12-13H2,(H,28,31). The minimum Gasteiger partial charge on any atom is -0.491 e. The summed E-state index contributed by atoms with van der Waals surface area (Å²) in [6.07, 6.45) is -1.35. The van der Waals surface area contributed by atoms with E-state index in [2.05, 4.69) is 15.6 Å². The first kappa shape index (κ1) is 21.2. The summed E-state index contributed by atoms with van der Waals surface area (Å²) in [5, 5.41) is 5.95. The quantitative estimate of drug-likeness (QED) is 0.373. The zero-order valence-electron chi connectivity index (χ0n) is 16.8. The number of aromatic nitrogens is 2.